The molecule has 10 rings (SSSR count). The van der Waals surface area contributed by atoms with Crippen LogP contribution in [0.3, 0.4) is 0 Å². The molecule has 244 valence electrons. The Morgan fingerprint density at radius 2 is 0.923 bits per heavy atom. The number of anilines is 3. The molecule has 0 amide bonds. The molecule has 9 aromatic rings. The Kier molecular flexibility index (Phi) is 6.17. The molecule has 0 radical (unpaired) electrons. The van der Waals surface area contributed by atoms with Crippen molar-refractivity contribution in [2.45, 2.75) is 5.41 Å². The van der Waals surface area contributed by atoms with Gasteiger partial charge in [-0.05, 0) is 102 Å². The van der Waals surface area contributed by atoms with Crippen molar-refractivity contribution in [3.8, 4) is 22.3 Å². The fourth-order valence-electron chi connectivity index (χ4n) is 8.29. The Morgan fingerprint density at radius 1 is 0.365 bits per heavy atom. The van der Waals surface area contributed by atoms with Gasteiger partial charge in [-0.2, -0.15) is 0 Å². The van der Waals surface area contributed by atoms with Crippen LogP contribution in [-0.2, 0) is 5.41 Å². The number of hydrogen-bond acceptors (Lipinski definition) is 1. The van der Waals surface area contributed by atoms with Gasteiger partial charge in [0.05, 0.1) is 10.9 Å². The first kappa shape index (κ1) is 26.2. The van der Waals surface area contributed by atoms with Gasteiger partial charge in [-0.1, -0.05) is 176 Å². The summed E-state index contributed by atoms with van der Waals surface area (Å²) in [4.78, 5) is 1.92. The standard InChI is InChI=1S/C51H35N/c1-4-14-36(15-5-1)37-26-28-42(29-27-37)52(43-30-32-46-39(34-43)25-24-38-16-10-11-21-45(38)46)44-31-33-48-47-22-12-13-23-49(47)51(50(48)35-44,40-17-6-2-7-18-40)41-19-8-3-9-20-41/h1-35H/i26D,27D,28D,29D. The highest BCUT2D eigenvalue weighted by Crippen LogP contribution is 2.57. The zero-order chi connectivity index (χ0) is 38.0. The lowest BCUT2D eigenvalue weighted by atomic mass is 9.67. The Bertz CT molecular complexity index is 2890. The van der Waals surface area contributed by atoms with Gasteiger partial charge in [-0.15, -0.1) is 0 Å². The molecule has 1 nitrogen and oxygen atoms in total. The molecule has 1 heteroatoms. The quantitative estimate of drug-likeness (QED) is 0.160. The van der Waals surface area contributed by atoms with Gasteiger partial charge in [0.2, 0.25) is 0 Å². The van der Waals surface area contributed by atoms with E-state index >= 15 is 0 Å². The van der Waals surface area contributed by atoms with Crippen LogP contribution in [0.2, 0.25) is 0 Å². The molecule has 9 aromatic carbocycles. The highest BCUT2D eigenvalue weighted by atomic mass is 15.1. The summed E-state index contributed by atoms with van der Waals surface area (Å²) in [5.74, 6) is 0. The number of benzene rings is 9. The average Bonchev–Trinajstić information content (AvgIpc) is 3.55. The maximum atomic E-state index is 9.60. The van der Waals surface area contributed by atoms with E-state index in [1.54, 1.807) is 0 Å². The molecular weight excluding hydrogens is 627 g/mol. The number of rotatable bonds is 6. The van der Waals surface area contributed by atoms with Gasteiger partial charge in [-0.25, -0.2) is 0 Å². The Morgan fingerprint density at radius 3 is 1.67 bits per heavy atom. The first-order chi connectivity index (χ1) is 27.5. The minimum absolute atomic E-state index is 0.0829. The van der Waals surface area contributed by atoms with Crippen LogP contribution >= 0.6 is 0 Å². The van der Waals surface area contributed by atoms with Crippen LogP contribution in [-0.4, -0.2) is 0 Å². The Balaban J connectivity index is 1.28. The molecule has 1 aliphatic carbocycles. The summed E-state index contributed by atoms with van der Waals surface area (Å²) >= 11 is 0. The van der Waals surface area contributed by atoms with Gasteiger partial charge in [0.15, 0.2) is 0 Å². The van der Waals surface area contributed by atoms with E-state index in [4.69, 9.17) is 0 Å². The van der Waals surface area contributed by atoms with Crippen molar-refractivity contribution >= 4 is 38.6 Å². The third-order valence-corrected chi connectivity index (χ3v) is 10.6. The third-order valence-electron chi connectivity index (χ3n) is 10.6. The van der Waals surface area contributed by atoms with Gasteiger partial charge >= 0.3 is 0 Å². The predicted molar refractivity (Wildman–Crippen MR) is 219 cm³/mol. The second-order valence-electron chi connectivity index (χ2n) is 13.4. The van der Waals surface area contributed by atoms with Crippen molar-refractivity contribution in [1.82, 2.24) is 0 Å². The van der Waals surface area contributed by atoms with Crippen molar-refractivity contribution in [3.63, 3.8) is 0 Å². The highest BCUT2D eigenvalue weighted by molar-refractivity contribution is 6.08. The molecular formula is C51H35N. The topological polar surface area (TPSA) is 3.24 Å². The highest BCUT2D eigenvalue weighted by Gasteiger charge is 2.46. The number of fused-ring (bicyclic) bond motifs is 6. The molecule has 0 spiro atoms. The Hall–Kier alpha value is -6.70. The second kappa shape index (κ2) is 12.3. The van der Waals surface area contributed by atoms with Gasteiger partial charge in [0, 0.05) is 17.1 Å². The molecule has 0 bridgehead atoms. The third kappa shape index (κ3) is 4.71. The molecule has 0 atom stereocenters. The molecule has 0 fully saturated rings. The van der Waals surface area contributed by atoms with Crippen molar-refractivity contribution in [2.24, 2.45) is 0 Å². The summed E-state index contributed by atoms with van der Waals surface area (Å²) in [5.41, 5.74) is 8.74. The van der Waals surface area contributed by atoms with Crippen molar-refractivity contribution in [2.75, 3.05) is 4.90 Å². The van der Waals surface area contributed by atoms with Crippen LogP contribution < -0.4 is 4.90 Å². The summed E-state index contributed by atoms with van der Waals surface area (Å²) < 4.78 is 37.9. The van der Waals surface area contributed by atoms with E-state index in [9.17, 15) is 5.48 Å². The summed E-state index contributed by atoms with van der Waals surface area (Å²) in [6, 6.07) is 64.0. The van der Waals surface area contributed by atoms with Crippen LogP contribution in [0.5, 0.6) is 0 Å². The minimum atomic E-state index is -0.662. The maximum absolute atomic E-state index is 9.60. The normalized spacial score (nSPS) is 13.8. The first-order valence-corrected chi connectivity index (χ1v) is 17.7. The fourth-order valence-corrected chi connectivity index (χ4v) is 8.29. The van der Waals surface area contributed by atoms with Crippen LogP contribution in [0.1, 0.15) is 27.7 Å². The number of hydrogen-bond donors (Lipinski definition) is 0. The first-order valence-electron chi connectivity index (χ1n) is 19.7. The monoisotopic (exact) mass is 665 g/mol. The molecule has 0 saturated carbocycles. The summed E-state index contributed by atoms with van der Waals surface area (Å²) in [6.07, 6.45) is 0. The predicted octanol–water partition coefficient (Wildman–Crippen LogP) is 13.5. The van der Waals surface area contributed by atoms with Gasteiger partial charge < -0.3 is 4.90 Å². The van der Waals surface area contributed by atoms with E-state index in [0.29, 0.717) is 5.56 Å². The second-order valence-corrected chi connectivity index (χ2v) is 13.4. The zero-order valence-electron chi connectivity index (χ0n) is 32.3. The van der Waals surface area contributed by atoms with Crippen LogP contribution in [0.4, 0.5) is 17.1 Å². The van der Waals surface area contributed by atoms with E-state index in [2.05, 4.69) is 133 Å². The van der Waals surface area contributed by atoms with Crippen molar-refractivity contribution < 1.29 is 5.48 Å². The lowest BCUT2D eigenvalue weighted by Gasteiger charge is -2.35. The van der Waals surface area contributed by atoms with Crippen molar-refractivity contribution in [3.05, 3.63) is 234 Å². The fraction of sp³-hybridized carbons (Fsp3) is 0.0196. The van der Waals surface area contributed by atoms with E-state index in [-0.39, 0.29) is 35.4 Å². The molecule has 0 unspecified atom stereocenters. The molecule has 0 aliphatic heterocycles. The summed E-state index contributed by atoms with van der Waals surface area (Å²) in [6.45, 7) is 0. The van der Waals surface area contributed by atoms with Crippen LogP contribution in [0.15, 0.2) is 212 Å². The van der Waals surface area contributed by atoms with Crippen LogP contribution in [0, 0.1) is 0 Å². The lowest BCUT2D eigenvalue weighted by Crippen LogP contribution is -2.28. The molecule has 52 heavy (non-hydrogen) atoms. The van der Waals surface area contributed by atoms with E-state index in [1.165, 1.54) is 5.56 Å². The van der Waals surface area contributed by atoms with Gasteiger partial charge in [0.1, 0.15) is 0 Å². The zero-order valence-corrected chi connectivity index (χ0v) is 28.3. The van der Waals surface area contributed by atoms with Gasteiger partial charge in [0.25, 0.3) is 0 Å². The number of nitrogens with zero attached hydrogens (tertiary/aromatic N) is 1. The van der Waals surface area contributed by atoms with E-state index < -0.39 is 5.41 Å². The summed E-state index contributed by atoms with van der Waals surface area (Å²) in [5, 5.41) is 4.41. The smallest absolute Gasteiger partial charge is 0.0714 e. The largest absolute Gasteiger partial charge is 0.310 e. The lowest BCUT2D eigenvalue weighted by molar-refractivity contribution is 0.768. The van der Waals surface area contributed by atoms with Crippen LogP contribution in [0.25, 0.3) is 43.8 Å². The minimum Gasteiger partial charge on any atom is -0.310 e. The SMILES string of the molecule is [2H]c1c([2H])c(N(c2ccc3c(c2)C(c2ccccc2)(c2ccccc2)c2ccccc2-3)c2ccc3c(ccc4ccccc43)c2)c([2H])c([2H])c1-c1ccccc1. The molecule has 0 aromatic heterocycles. The van der Waals surface area contributed by atoms with E-state index in [1.807, 2.05) is 59.5 Å². The molecule has 0 heterocycles. The average molecular weight is 666 g/mol. The Labute approximate surface area is 310 Å². The van der Waals surface area contributed by atoms with Crippen molar-refractivity contribution in [1.29, 1.82) is 0 Å². The molecule has 0 saturated heterocycles. The van der Waals surface area contributed by atoms with Gasteiger partial charge in [-0.3, -0.25) is 0 Å². The van der Waals surface area contributed by atoms with E-state index in [0.717, 1.165) is 60.7 Å². The molecule has 0 N–H and O–H groups in total. The maximum Gasteiger partial charge on any atom is 0.0714 e. The molecule has 1 aliphatic rings. The summed E-state index contributed by atoms with van der Waals surface area (Å²) in [7, 11) is 0.